The van der Waals surface area contributed by atoms with E-state index in [0.717, 1.165) is 51.1 Å². The van der Waals surface area contributed by atoms with Crippen molar-refractivity contribution in [2.24, 2.45) is 13.0 Å². The molecule has 0 unspecified atom stereocenters. The van der Waals surface area contributed by atoms with Crippen LogP contribution < -0.4 is 5.32 Å². The molecule has 140 valence electrons. The number of nitrogens with one attached hydrogen (secondary N) is 1. The molecule has 2 aliphatic heterocycles. The predicted octanol–water partition coefficient (Wildman–Crippen LogP) is 1.35. The second kappa shape index (κ2) is 7.23. The van der Waals surface area contributed by atoms with Gasteiger partial charge in [-0.25, -0.2) is 0 Å². The maximum absolute atomic E-state index is 13.1. The van der Waals surface area contributed by atoms with Crippen LogP contribution in [0.5, 0.6) is 0 Å². The molecule has 2 saturated heterocycles. The van der Waals surface area contributed by atoms with Crippen molar-refractivity contribution < 1.29 is 4.79 Å². The maximum Gasteiger partial charge on any atom is 0.227 e. The molecule has 1 amide bonds. The van der Waals surface area contributed by atoms with Crippen LogP contribution in [0.1, 0.15) is 42.7 Å². The molecule has 0 bridgehead atoms. The van der Waals surface area contributed by atoms with Crippen LogP contribution in [0.25, 0.3) is 0 Å². The lowest BCUT2D eigenvalue weighted by molar-refractivity contribution is -0.136. The Kier molecular flexibility index (Phi) is 4.80. The number of rotatable bonds is 4. The van der Waals surface area contributed by atoms with Crippen molar-refractivity contribution in [3.05, 3.63) is 35.9 Å². The van der Waals surface area contributed by atoms with Gasteiger partial charge in [0.25, 0.3) is 0 Å². The second-order valence-corrected chi connectivity index (χ2v) is 7.55. The molecular formula is C19H28N6O. The number of carbonyl (C=O) groups excluding carboxylic acids is 1. The normalized spacial score (nSPS) is 24.3. The van der Waals surface area contributed by atoms with E-state index in [9.17, 15) is 4.79 Å². The van der Waals surface area contributed by atoms with Crippen molar-refractivity contribution in [1.82, 2.24) is 29.8 Å². The Morgan fingerprint density at radius 2 is 1.92 bits per heavy atom. The van der Waals surface area contributed by atoms with E-state index < -0.39 is 0 Å². The topological polar surface area (TPSA) is 68.0 Å². The SMILES string of the molecule is CCn1cc(C2CCN(C(=O)[C@H]3CNC[C@@H]3c3cnn(C)c3)CC2)cn1. The van der Waals surface area contributed by atoms with Crippen molar-refractivity contribution >= 4 is 5.91 Å². The Balaban J connectivity index is 1.38. The fourth-order valence-electron chi connectivity index (χ4n) is 4.35. The smallest absolute Gasteiger partial charge is 0.227 e. The first-order chi connectivity index (χ1) is 12.7. The molecule has 0 spiro atoms. The van der Waals surface area contributed by atoms with Crippen LogP contribution in [0.15, 0.2) is 24.8 Å². The van der Waals surface area contributed by atoms with Gasteiger partial charge in [0, 0.05) is 58.1 Å². The Hall–Kier alpha value is -2.15. The van der Waals surface area contributed by atoms with Gasteiger partial charge < -0.3 is 10.2 Å². The van der Waals surface area contributed by atoms with E-state index in [2.05, 4.69) is 33.5 Å². The summed E-state index contributed by atoms with van der Waals surface area (Å²) < 4.78 is 3.80. The highest BCUT2D eigenvalue weighted by Gasteiger charge is 2.38. The maximum atomic E-state index is 13.1. The molecule has 0 aromatic carbocycles. The zero-order valence-corrected chi connectivity index (χ0v) is 15.6. The predicted molar refractivity (Wildman–Crippen MR) is 98.8 cm³/mol. The first-order valence-corrected chi connectivity index (χ1v) is 9.66. The number of aryl methyl sites for hydroxylation is 2. The molecule has 7 heteroatoms. The minimum atomic E-state index is 0.0265. The summed E-state index contributed by atoms with van der Waals surface area (Å²) in [5.41, 5.74) is 2.48. The fraction of sp³-hybridized carbons (Fsp3) is 0.632. The quantitative estimate of drug-likeness (QED) is 0.898. The zero-order chi connectivity index (χ0) is 18.1. The summed E-state index contributed by atoms with van der Waals surface area (Å²) in [7, 11) is 1.92. The number of likely N-dealkylation sites (tertiary alicyclic amines) is 1. The van der Waals surface area contributed by atoms with Crippen molar-refractivity contribution in [1.29, 1.82) is 0 Å². The average molecular weight is 356 g/mol. The van der Waals surface area contributed by atoms with Crippen LogP contribution in [0.4, 0.5) is 0 Å². The zero-order valence-electron chi connectivity index (χ0n) is 15.6. The molecule has 26 heavy (non-hydrogen) atoms. The summed E-state index contributed by atoms with van der Waals surface area (Å²) in [6.45, 7) is 6.32. The number of hydrogen-bond donors (Lipinski definition) is 1. The van der Waals surface area contributed by atoms with E-state index in [1.807, 2.05) is 35.0 Å². The van der Waals surface area contributed by atoms with Gasteiger partial charge in [0.1, 0.15) is 0 Å². The number of hydrogen-bond acceptors (Lipinski definition) is 4. The Bertz CT molecular complexity index is 758. The molecule has 0 aliphatic carbocycles. The third-order valence-corrected chi connectivity index (χ3v) is 5.94. The van der Waals surface area contributed by atoms with Gasteiger partial charge in [-0.3, -0.25) is 14.2 Å². The highest BCUT2D eigenvalue weighted by atomic mass is 16.2. The van der Waals surface area contributed by atoms with Crippen molar-refractivity contribution in [2.45, 2.75) is 38.1 Å². The summed E-state index contributed by atoms with van der Waals surface area (Å²) in [5.74, 6) is 1.08. The lowest BCUT2D eigenvalue weighted by Gasteiger charge is -2.34. The Morgan fingerprint density at radius 3 is 2.58 bits per heavy atom. The van der Waals surface area contributed by atoms with Crippen LogP contribution in [0.2, 0.25) is 0 Å². The third kappa shape index (κ3) is 3.28. The minimum absolute atomic E-state index is 0.0265. The lowest BCUT2D eigenvalue weighted by Crippen LogP contribution is -2.43. The summed E-state index contributed by atoms with van der Waals surface area (Å²) in [6.07, 6.45) is 10.1. The van der Waals surface area contributed by atoms with E-state index >= 15 is 0 Å². The van der Waals surface area contributed by atoms with Gasteiger partial charge in [0.2, 0.25) is 5.91 Å². The summed E-state index contributed by atoms with van der Waals surface area (Å²) in [6, 6.07) is 0. The summed E-state index contributed by atoms with van der Waals surface area (Å²) >= 11 is 0. The van der Waals surface area contributed by atoms with E-state index in [-0.39, 0.29) is 11.8 Å². The van der Waals surface area contributed by atoms with Gasteiger partial charge in [-0.05, 0) is 36.8 Å². The molecule has 2 aromatic rings. The molecule has 2 aliphatic rings. The van der Waals surface area contributed by atoms with E-state index in [1.54, 1.807) is 0 Å². The van der Waals surface area contributed by atoms with Gasteiger partial charge in [0.05, 0.1) is 18.3 Å². The second-order valence-electron chi connectivity index (χ2n) is 7.55. The van der Waals surface area contributed by atoms with Crippen LogP contribution in [-0.2, 0) is 18.4 Å². The summed E-state index contributed by atoms with van der Waals surface area (Å²) in [5, 5.41) is 12.1. The molecular weight excluding hydrogens is 328 g/mol. The van der Waals surface area contributed by atoms with Crippen LogP contribution in [0, 0.1) is 5.92 Å². The molecule has 4 heterocycles. The largest absolute Gasteiger partial charge is 0.342 e. The standard InChI is InChI=1S/C19H28N6O/c1-3-25-13-15(8-22-25)14-4-6-24(7-5-14)19(26)18-11-20-10-17(18)16-9-21-23(2)12-16/h8-9,12-14,17-18,20H,3-7,10-11H2,1-2H3/t17-,18+/m1/s1. The van der Waals surface area contributed by atoms with Gasteiger partial charge in [-0.1, -0.05) is 0 Å². The van der Waals surface area contributed by atoms with Crippen molar-refractivity contribution in [3.63, 3.8) is 0 Å². The lowest BCUT2D eigenvalue weighted by atomic mass is 9.87. The van der Waals surface area contributed by atoms with Gasteiger partial charge in [0.15, 0.2) is 0 Å². The molecule has 2 aromatic heterocycles. The molecule has 0 saturated carbocycles. The fourth-order valence-corrected chi connectivity index (χ4v) is 4.35. The van der Waals surface area contributed by atoms with Crippen LogP contribution in [-0.4, -0.2) is 56.5 Å². The Labute approximate surface area is 154 Å². The monoisotopic (exact) mass is 356 g/mol. The molecule has 4 rings (SSSR count). The van der Waals surface area contributed by atoms with E-state index in [4.69, 9.17) is 0 Å². The first-order valence-electron chi connectivity index (χ1n) is 9.66. The number of piperidine rings is 1. The van der Waals surface area contributed by atoms with Crippen LogP contribution in [0.3, 0.4) is 0 Å². The van der Waals surface area contributed by atoms with E-state index in [1.165, 1.54) is 5.56 Å². The van der Waals surface area contributed by atoms with E-state index in [0.29, 0.717) is 11.8 Å². The Morgan fingerprint density at radius 1 is 1.15 bits per heavy atom. The number of nitrogens with zero attached hydrogens (tertiary/aromatic N) is 5. The highest BCUT2D eigenvalue weighted by molar-refractivity contribution is 5.80. The highest BCUT2D eigenvalue weighted by Crippen LogP contribution is 2.32. The molecule has 2 atom stereocenters. The van der Waals surface area contributed by atoms with Gasteiger partial charge in [-0.2, -0.15) is 10.2 Å². The summed E-state index contributed by atoms with van der Waals surface area (Å²) in [4.78, 5) is 15.2. The number of aromatic nitrogens is 4. The number of carbonyl (C=O) groups is 1. The van der Waals surface area contributed by atoms with Crippen molar-refractivity contribution in [2.75, 3.05) is 26.2 Å². The molecule has 7 nitrogen and oxygen atoms in total. The third-order valence-electron chi connectivity index (χ3n) is 5.94. The average Bonchev–Trinajstić information content (AvgIpc) is 3.41. The van der Waals surface area contributed by atoms with Crippen molar-refractivity contribution in [3.8, 4) is 0 Å². The first kappa shape index (κ1) is 17.3. The molecule has 1 N–H and O–H groups in total. The van der Waals surface area contributed by atoms with Gasteiger partial charge in [-0.15, -0.1) is 0 Å². The minimum Gasteiger partial charge on any atom is -0.342 e. The molecule has 0 radical (unpaired) electrons. The van der Waals surface area contributed by atoms with Gasteiger partial charge >= 0.3 is 0 Å². The number of amides is 1. The van der Waals surface area contributed by atoms with Crippen LogP contribution >= 0.6 is 0 Å². The molecule has 2 fully saturated rings.